The fourth-order valence-electron chi connectivity index (χ4n) is 2.99. The van der Waals surface area contributed by atoms with Gasteiger partial charge < -0.3 is 0 Å². The Hall–Kier alpha value is -1.89. The van der Waals surface area contributed by atoms with Crippen molar-refractivity contribution in [1.82, 2.24) is 0 Å². The summed E-state index contributed by atoms with van der Waals surface area (Å²) in [5.41, 5.74) is 4.62. The minimum atomic E-state index is -0.180. The third-order valence-corrected chi connectivity index (χ3v) is 3.91. The highest BCUT2D eigenvalue weighted by Crippen LogP contribution is 2.47. The fraction of sp³-hybridized carbons (Fsp3) is 0.176. The first-order valence-corrected chi connectivity index (χ1v) is 6.23. The molecule has 1 heteroatoms. The van der Waals surface area contributed by atoms with Gasteiger partial charge in [-0.3, -0.25) is 0 Å². The Balaban J connectivity index is 2.33. The van der Waals surface area contributed by atoms with E-state index in [4.69, 9.17) is 0 Å². The van der Waals surface area contributed by atoms with Crippen molar-refractivity contribution in [3.8, 4) is 11.1 Å². The van der Waals surface area contributed by atoms with Gasteiger partial charge in [0.25, 0.3) is 0 Å². The zero-order valence-electron chi connectivity index (χ0n) is 10.4. The first kappa shape index (κ1) is 11.2. The van der Waals surface area contributed by atoms with Crippen molar-refractivity contribution in [2.45, 2.75) is 18.8 Å². The third kappa shape index (κ3) is 1.51. The van der Waals surface area contributed by atoms with Crippen LogP contribution in [0.5, 0.6) is 0 Å². The highest BCUT2D eigenvalue weighted by atomic mass is 19.1. The van der Waals surface area contributed by atoms with Gasteiger partial charge in [-0.15, -0.1) is 6.58 Å². The molecular weight excluding hydrogens is 223 g/mol. The van der Waals surface area contributed by atoms with Gasteiger partial charge in [-0.2, -0.15) is 0 Å². The maximum absolute atomic E-state index is 13.5. The van der Waals surface area contributed by atoms with Crippen molar-refractivity contribution in [2.75, 3.05) is 0 Å². The van der Waals surface area contributed by atoms with Crippen LogP contribution in [0.3, 0.4) is 0 Å². The molecule has 2 aromatic carbocycles. The molecule has 0 bridgehead atoms. The number of hydrogen-bond donors (Lipinski definition) is 0. The van der Waals surface area contributed by atoms with Crippen molar-refractivity contribution in [2.24, 2.45) is 0 Å². The quantitative estimate of drug-likeness (QED) is 0.621. The molecule has 0 nitrogen and oxygen atoms in total. The highest BCUT2D eigenvalue weighted by molar-refractivity contribution is 5.75. The normalized spacial score (nSPS) is 21.0. The van der Waals surface area contributed by atoms with Crippen molar-refractivity contribution >= 4 is 0 Å². The SMILES string of the molecule is C=CC1c2ccc(F)cc2-c2ccccc2[C@H]1C. The van der Waals surface area contributed by atoms with Crippen LogP contribution in [0.25, 0.3) is 11.1 Å². The number of fused-ring (bicyclic) bond motifs is 3. The molecule has 0 saturated carbocycles. The molecule has 3 rings (SSSR count). The lowest BCUT2D eigenvalue weighted by atomic mass is 9.72. The van der Waals surface area contributed by atoms with Crippen LogP contribution in [-0.4, -0.2) is 0 Å². The lowest BCUT2D eigenvalue weighted by molar-refractivity contribution is 0.621. The molecule has 1 aliphatic rings. The van der Waals surface area contributed by atoms with E-state index in [1.54, 1.807) is 6.07 Å². The zero-order chi connectivity index (χ0) is 12.7. The van der Waals surface area contributed by atoms with Gasteiger partial charge in [-0.25, -0.2) is 4.39 Å². The molecule has 0 aliphatic heterocycles. The molecule has 0 heterocycles. The molecule has 0 spiro atoms. The Morgan fingerprint density at radius 3 is 2.61 bits per heavy atom. The van der Waals surface area contributed by atoms with E-state index in [0.717, 1.165) is 11.1 Å². The average Bonchev–Trinajstić information content (AvgIpc) is 2.40. The maximum atomic E-state index is 13.5. The maximum Gasteiger partial charge on any atom is 0.123 e. The summed E-state index contributed by atoms with van der Waals surface area (Å²) >= 11 is 0. The van der Waals surface area contributed by atoms with Gasteiger partial charge in [-0.1, -0.05) is 43.3 Å². The molecule has 0 saturated heterocycles. The number of rotatable bonds is 1. The molecular formula is C17H15F. The molecule has 2 aromatic rings. The van der Waals surface area contributed by atoms with Crippen molar-refractivity contribution in [3.63, 3.8) is 0 Å². The van der Waals surface area contributed by atoms with Crippen LogP contribution in [0.2, 0.25) is 0 Å². The third-order valence-electron chi connectivity index (χ3n) is 3.91. The van der Waals surface area contributed by atoms with Crippen LogP contribution in [0, 0.1) is 5.82 Å². The highest BCUT2D eigenvalue weighted by Gasteiger charge is 2.28. The van der Waals surface area contributed by atoms with E-state index in [-0.39, 0.29) is 11.7 Å². The van der Waals surface area contributed by atoms with E-state index in [2.05, 4.69) is 25.6 Å². The summed E-state index contributed by atoms with van der Waals surface area (Å²) in [6.07, 6.45) is 1.97. The molecule has 90 valence electrons. The molecule has 0 fully saturated rings. The summed E-state index contributed by atoms with van der Waals surface area (Å²) in [5, 5.41) is 0. The Morgan fingerprint density at radius 1 is 1.06 bits per heavy atom. The van der Waals surface area contributed by atoms with Crippen LogP contribution < -0.4 is 0 Å². The second-order valence-electron chi connectivity index (χ2n) is 4.87. The summed E-state index contributed by atoms with van der Waals surface area (Å²) in [6, 6.07) is 13.3. The van der Waals surface area contributed by atoms with Gasteiger partial charge in [0, 0.05) is 5.92 Å². The topological polar surface area (TPSA) is 0 Å². The molecule has 0 aromatic heterocycles. The van der Waals surface area contributed by atoms with E-state index in [0.29, 0.717) is 5.92 Å². The Morgan fingerprint density at radius 2 is 1.83 bits per heavy atom. The van der Waals surface area contributed by atoms with Gasteiger partial charge in [0.2, 0.25) is 0 Å². The number of hydrogen-bond acceptors (Lipinski definition) is 0. The number of halogens is 1. The van der Waals surface area contributed by atoms with Gasteiger partial charge in [0.05, 0.1) is 0 Å². The van der Waals surface area contributed by atoms with Crippen LogP contribution >= 0.6 is 0 Å². The minimum Gasteiger partial charge on any atom is -0.207 e. The predicted molar refractivity (Wildman–Crippen MR) is 73.2 cm³/mol. The lowest BCUT2D eigenvalue weighted by Gasteiger charge is -2.31. The predicted octanol–water partition coefficient (Wildman–Crippen LogP) is 4.88. The van der Waals surface area contributed by atoms with Crippen LogP contribution in [0.4, 0.5) is 4.39 Å². The average molecular weight is 238 g/mol. The standard InChI is InChI=1S/C17H15F/c1-3-13-11(2)14-6-4-5-7-15(14)17-10-12(18)8-9-16(13)17/h3-11,13H,1H2,2H3/t11-,13?/m0/s1. The van der Waals surface area contributed by atoms with Crippen molar-refractivity contribution < 1.29 is 4.39 Å². The molecule has 0 radical (unpaired) electrons. The van der Waals surface area contributed by atoms with E-state index in [1.807, 2.05) is 24.3 Å². The first-order valence-electron chi connectivity index (χ1n) is 6.23. The Kier molecular flexibility index (Phi) is 2.55. The van der Waals surface area contributed by atoms with Gasteiger partial charge in [-0.05, 0) is 40.3 Å². The Bertz CT molecular complexity index is 613. The van der Waals surface area contributed by atoms with Gasteiger partial charge >= 0.3 is 0 Å². The van der Waals surface area contributed by atoms with E-state index < -0.39 is 0 Å². The van der Waals surface area contributed by atoms with E-state index in [1.165, 1.54) is 17.2 Å². The monoisotopic (exact) mass is 238 g/mol. The largest absolute Gasteiger partial charge is 0.207 e. The summed E-state index contributed by atoms with van der Waals surface area (Å²) < 4.78 is 13.5. The fourth-order valence-corrected chi connectivity index (χ4v) is 2.99. The summed E-state index contributed by atoms with van der Waals surface area (Å²) in [7, 11) is 0. The smallest absolute Gasteiger partial charge is 0.123 e. The molecule has 0 amide bonds. The molecule has 2 atom stereocenters. The summed E-state index contributed by atoms with van der Waals surface area (Å²) in [4.78, 5) is 0. The summed E-state index contributed by atoms with van der Waals surface area (Å²) in [6.45, 7) is 6.14. The summed E-state index contributed by atoms with van der Waals surface area (Å²) in [5.74, 6) is 0.466. The molecule has 1 aliphatic carbocycles. The van der Waals surface area contributed by atoms with Gasteiger partial charge in [0.15, 0.2) is 0 Å². The number of allylic oxidation sites excluding steroid dienone is 1. The van der Waals surface area contributed by atoms with Crippen molar-refractivity contribution in [3.05, 3.63) is 72.1 Å². The second-order valence-corrected chi connectivity index (χ2v) is 4.87. The minimum absolute atomic E-state index is 0.180. The molecule has 18 heavy (non-hydrogen) atoms. The van der Waals surface area contributed by atoms with Crippen molar-refractivity contribution in [1.29, 1.82) is 0 Å². The molecule has 1 unspecified atom stereocenters. The first-order chi connectivity index (χ1) is 8.72. The number of benzene rings is 2. The van der Waals surface area contributed by atoms with Crippen LogP contribution in [0.15, 0.2) is 55.1 Å². The Labute approximate surface area is 107 Å². The zero-order valence-corrected chi connectivity index (χ0v) is 10.4. The van der Waals surface area contributed by atoms with E-state index in [9.17, 15) is 4.39 Å². The second kappa shape index (κ2) is 4.09. The van der Waals surface area contributed by atoms with Crippen LogP contribution in [-0.2, 0) is 0 Å². The molecule has 0 N–H and O–H groups in total. The van der Waals surface area contributed by atoms with E-state index >= 15 is 0 Å². The van der Waals surface area contributed by atoms with Gasteiger partial charge in [0.1, 0.15) is 5.82 Å². The lowest BCUT2D eigenvalue weighted by Crippen LogP contribution is -2.14. The van der Waals surface area contributed by atoms with Crippen LogP contribution in [0.1, 0.15) is 29.9 Å².